The average molecular weight is 515 g/mol. The summed E-state index contributed by atoms with van der Waals surface area (Å²) in [6, 6.07) is 6.33. The molecule has 0 spiro atoms. The lowest BCUT2D eigenvalue weighted by Crippen LogP contribution is -2.49. The van der Waals surface area contributed by atoms with E-state index in [1.165, 1.54) is 19.2 Å². The summed E-state index contributed by atoms with van der Waals surface area (Å²) in [7, 11) is -2.72. The molecular weight excluding hydrogens is 487 g/mol. The zero-order valence-corrected chi connectivity index (χ0v) is 20.9. The number of fused-ring (bicyclic) bond motifs is 1. The van der Waals surface area contributed by atoms with Gasteiger partial charge >= 0.3 is 0 Å². The second-order valence-electron chi connectivity index (χ2n) is 9.01. The van der Waals surface area contributed by atoms with E-state index in [4.69, 9.17) is 9.47 Å². The van der Waals surface area contributed by atoms with Gasteiger partial charge in [-0.05, 0) is 72.2 Å². The van der Waals surface area contributed by atoms with Crippen molar-refractivity contribution in [3.63, 3.8) is 0 Å². The second-order valence-corrected chi connectivity index (χ2v) is 10.6. The van der Waals surface area contributed by atoms with Crippen LogP contribution in [-0.4, -0.2) is 49.4 Å². The molecule has 1 aliphatic heterocycles. The molecule has 11 heteroatoms. The molecule has 36 heavy (non-hydrogen) atoms. The van der Waals surface area contributed by atoms with Gasteiger partial charge < -0.3 is 9.47 Å². The summed E-state index contributed by atoms with van der Waals surface area (Å²) in [5.41, 5.74) is 3.08. The van der Waals surface area contributed by atoms with Crippen LogP contribution in [0.3, 0.4) is 0 Å². The van der Waals surface area contributed by atoms with Crippen LogP contribution in [0, 0.1) is 5.82 Å². The predicted octanol–water partition coefficient (Wildman–Crippen LogP) is 2.51. The van der Waals surface area contributed by atoms with Gasteiger partial charge in [-0.2, -0.15) is 13.5 Å². The van der Waals surface area contributed by atoms with Gasteiger partial charge in [0.05, 0.1) is 25.3 Å². The number of nitrogens with one attached hydrogen (secondary N) is 1. The number of halogens is 1. The lowest BCUT2D eigenvalue weighted by atomic mass is 9.91. The summed E-state index contributed by atoms with van der Waals surface area (Å²) < 4.78 is 55.7. The summed E-state index contributed by atoms with van der Waals surface area (Å²) in [5, 5.41) is 3.94. The number of carbonyl (C=O) groups is 1. The van der Waals surface area contributed by atoms with Crippen LogP contribution < -0.4 is 4.72 Å². The third-order valence-corrected chi connectivity index (χ3v) is 8.15. The number of aryl methyl sites for hydroxylation is 1. The van der Waals surface area contributed by atoms with Crippen LogP contribution in [-0.2, 0) is 55.7 Å². The van der Waals surface area contributed by atoms with E-state index >= 15 is 0 Å². The highest BCUT2D eigenvalue weighted by Gasteiger charge is 2.44. The van der Waals surface area contributed by atoms with Gasteiger partial charge in [-0.15, -0.1) is 0 Å². The summed E-state index contributed by atoms with van der Waals surface area (Å²) in [6.45, 7) is 2.83. The Bertz CT molecular complexity index is 1410. The Kier molecular flexibility index (Phi) is 6.39. The van der Waals surface area contributed by atoms with Crippen molar-refractivity contribution in [1.29, 1.82) is 0 Å². The number of aromatic nitrogens is 3. The third-order valence-electron chi connectivity index (χ3n) is 6.90. The second kappa shape index (κ2) is 9.38. The number of carbonyl (C=O) groups excluding carboxylic acids is 1. The number of pyridine rings is 1. The van der Waals surface area contributed by atoms with E-state index in [0.29, 0.717) is 47.3 Å². The van der Waals surface area contributed by atoms with Gasteiger partial charge in [-0.25, -0.2) is 9.11 Å². The molecule has 1 amide bonds. The highest BCUT2D eigenvalue weighted by Crippen LogP contribution is 2.36. The zero-order chi connectivity index (χ0) is 25.5. The van der Waals surface area contributed by atoms with Gasteiger partial charge in [0.2, 0.25) is 5.91 Å². The zero-order valence-electron chi connectivity index (χ0n) is 20.1. The number of ether oxygens (including phenoxy) is 2. The monoisotopic (exact) mass is 514 g/mol. The van der Waals surface area contributed by atoms with Crippen molar-refractivity contribution in [2.45, 2.75) is 49.8 Å². The van der Waals surface area contributed by atoms with Crippen molar-refractivity contribution in [1.82, 2.24) is 19.5 Å². The van der Waals surface area contributed by atoms with Crippen LogP contribution in [0.5, 0.6) is 0 Å². The molecule has 0 unspecified atom stereocenters. The molecule has 9 nitrogen and oxygen atoms in total. The number of nitrogens with zero attached hydrogens (tertiary/aromatic N) is 3. The number of benzene rings is 1. The molecule has 1 aromatic carbocycles. The van der Waals surface area contributed by atoms with Crippen LogP contribution >= 0.6 is 0 Å². The maximum absolute atomic E-state index is 14.8. The smallest absolute Gasteiger partial charge is 0.283 e. The number of sulfonamides is 1. The normalized spacial score (nSPS) is 16.4. The van der Waals surface area contributed by atoms with Crippen molar-refractivity contribution < 1.29 is 27.1 Å². The standard InChI is InChI=1S/C25H27FN4O5S/c1-3-30-22(25(34-2)14-35-15-25)13-24(28-30)36(32,33)29-23(31)12-20-17-5-4-6-18(17)21(26)11-19(20)16-7-9-27-10-8-16/h7-11,13H,3-6,12,14-15H2,1-2H3,(H,29,31). The quantitative estimate of drug-likeness (QED) is 0.492. The van der Waals surface area contributed by atoms with Gasteiger partial charge in [-0.1, -0.05) is 0 Å². The Morgan fingerprint density at radius 2 is 1.94 bits per heavy atom. The molecule has 3 aromatic rings. The fourth-order valence-electron chi connectivity index (χ4n) is 4.98. The van der Waals surface area contributed by atoms with Crippen molar-refractivity contribution >= 4 is 15.9 Å². The number of hydrogen-bond acceptors (Lipinski definition) is 7. The molecule has 2 aliphatic rings. The van der Waals surface area contributed by atoms with Crippen molar-refractivity contribution in [2.75, 3.05) is 20.3 Å². The first-order valence-electron chi connectivity index (χ1n) is 11.8. The maximum atomic E-state index is 14.8. The van der Waals surface area contributed by atoms with Gasteiger partial charge in [0.15, 0.2) is 10.6 Å². The topological polar surface area (TPSA) is 112 Å². The molecule has 2 aromatic heterocycles. The first kappa shape index (κ1) is 24.5. The van der Waals surface area contributed by atoms with Crippen molar-refractivity contribution in [3.8, 4) is 11.1 Å². The van der Waals surface area contributed by atoms with Gasteiger partial charge in [0, 0.05) is 32.1 Å². The van der Waals surface area contributed by atoms with E-state index in [-0.39, 0.29) is 30.5 Å². The number of methoxy groups -OCH3 is 1. The number of hydrogen-bond donors (Lipinski definition) is 1. The molecule has 1 N–H and O–H groups in total. The lowest BCUT2D eigenvalue weighted by Gasteiger charge is -2.39. The Morgan fingerprint density at radius 3 is 2.58 bits per heavy atom. The molecule has 1 aliphatic carbocycles. The summed E-state index contributed by atoms with van der Waals surface area (Å²) in [6.07, 6.45) is 4.98. The molecular formula is C25H27FN4O5S. The fraction of sp³-hybridized carbons (Fsp3) is 0.400. The third kappa shape index (κ3) is 4.21. The molecule has 0 saturated carbocycles. The van der Waals surface area contributed by atoms with Crippen LogP contribution in [0.25, 0.3) is 11.1 Å². The first-order valence-corrected chi connectivity index (χ1v) is 13.3. The minimum Gasteiger partial charge on any atom is -0.374 e. The molecule has 0 radical (unpaired) electrons. The summed E-state index contributed by atoms with van der Waals surface area (Å²) in [5.74, 6) is -1.03. The van der Waals surface area contributed by atoms with Gasteiger partial charge in [0.25, 0.3) is 10.0 Å². The highest BCUT2D eigenvalue weighted by atomic mass is 32.2. The number of amides is 1. The van der Waals surface area contributed by atoms with Crippen molar-refractivity contribution in [2.24, 2.45) is 0 Å². The van der Waals surface area contributed by atoms with Crippen LogP contribution in [0.15, 0.2) is 41.7 Å². The average Bonchev–Trinajstić information content (AvgIpc) is 3.49. The molecule has 1 fully saturated rings. The Hall–Kier alpha value is -3.15. The highest BCUT2D eigenvalue weighted by molar-refractivity contribution is 7.90. The Morgan fingerprint density at radius 1 is 1.22 bits per heavy atom. The van der Waals surface area contributed by atoms with Gasteiger partial charge in [0.1, 0.15) is 5.82 Å². The van der Waals surface area contributed by atoms with E-state index in [1.54, 1.807) is 29.2 Å². The largest absolute Gasteiger partial charge is 0.374 e. The summed E-state index contributed by atoms with van der Waals surface area (Å²) >= 11 is 0. The Balaban J connectivity index is 1.45. The SMILES string of the molecule is CCn1nc(S(=O)(=O)NC(=O)Cc2c(-c3ccncc3)cc(F)c3c2CCC3)cc1C1(OC)COC1. The fourth-order valence-corrected chi connectivity index (χ4v) is 5.93. The molecule has 190 valence electrons. The minimum absolute atomic E-state index is 0.212. The van der Waals surface area contributed by atoms with Crippen LogP contribution in [0.1, 0.15) is 35.7 Å². The first-order chi connectivity index (χ1) is 17.3. The lowest BCUT2D eigenvalue weighted by molar-refractivity contribution is -0.206. The van der Waals surface area contributed by atoms with Crippen molar-refractivity contribution in [3.05, 3.63) is 64.9 Å². The number of rotatable bonds is 8. The van der Waals surface area contributed by atoms with Crippen LogP contribution in [0.4, 0.5) is 4.39 Å². The van der Waals surface area contributed by atoms with E-state index < -0.39 is 21.5 Å². The predicted molar refractivity (Wildman–Crippen MR) is 128 cm³/mol. The summed E-state index contributed by atoms with van der Waals surface area (Å²) in [4.78, 5) is 17.1. The minimum atomic E-state index is -4.26. The molecule has 0 bridgehead atoms. The van der Waals surface area contributed by atoms with Gasteiger partial charge in [-0.3, -0.25) is 14.5 Å². The van der Waals surface area contributed by atoms with E-state index in [2.05, 4.69) is 14.8 Å². The molecule has 0 atom stereocenters. The molecule has 1 saturated heterocycles. The van der Waals surface area contributed by atoms with E-state index in [0.717, 1.165) is 12.0 Å². The molecule has 5 rings (SSSR count). The Labute approximate surface area is 208 Å². The van der Waals surface area contributed by atoms with E-state index in [9.17, 15) is 17.6 Å². The molecule has 3 heterocycles. The maximum Gasteiger partial charge on any atom is 0.283 e. The van der Waals surface area contributed by atoms with E-state index in [1.807, 2.05) is 6.92 Å². The van der Waals surface area contributed by atoms with Crippen LogP contribution in [0.2, 0.25) is 0 Å².